The zero-order valence-corrected chi connectivity index (χ0v) is 15.6. The molecular weight excluding hydrogens is 336 g/mol. The maximum Gasteiger partial charge on any atom is 0.266 e. The molecule has 1 saturated heterocycles. The minimum atomic E-state index is -0.0355. The molecule has 2 aromatic rings. The van der Waals surface area contributed by atoms with Crippen molar-refractivity contribution in [3.63, 3.8) is 0 Å². The summed E-state index contributed by atoms with van der Waals surface area (Å²) in [4.78, 5) is 40.3. The smallest absolute Gasteiger partial charge is 0.266 e. The van der Waals surface area contributed by atoms with Gasteiger partial charge in [-0.1, -0.05) is 6.92 Å². The highest BCUT2D eigenvalue weighted by molar-refractivity contribution is 7.13. The van der Waals surface area contributed by atoms with Crippen molar-refractivity contribution in [3.8, 4) is 0 Å². The van der Waals surface area contributed by atoms with Gasteiger partial charge in [-0.3, -0.25) is 9.59 Å². The first-order valence-corrected chi connectivity index (χ1v) is 9.67. The Labute approximate surface area is 150 Å². The van der Waals surface area contributed by atoms with Gasteiger partial charge in [-0.2, -0.15) is 0 Å². The molecule has 7 heteroatoms. The number of carbonyl (C=O) groups is 1. The molecule has 2 aromatic heterocycles. The van der Waals surface area contributed by atoms with E-state index < -0.39 is 0 Å². The zero-order chi connectivity index (χ0) is 17.7. The molecule has 1 fully saturated rings. The second-order valence-corrected chi connectivity index (χ2v) is 8.15. The number of aromatic amines is 1. The van der Waals surface area contributed by atoms with Crippen molar-refractivity contribution in [1.29, 1.82) is 0 Å². The number of hydrogen-bond donors (Lipinski definition) is 1. The van der Waals surface area contributed by atoms with E-state index >= 15 is 0 Å². The standard InChI is InChI=1S/C18H22N4O2S/c1-4-15-20-14-8-12-6-5-11(7-13(14)17(23)21-15)22(12)18(24)16-9(2)19-10(3)25-16/h11-12H,4-8H2,1-3H3,(H,20,21,23). The van der Waals surface area contributed by atoms with Crippen molar-refractivity contribution in [3.05, 3.63) is 43.0 Å². The Bertz CT molecular complexity index is 901. The lowest BCUT2D eigenvalue weighted by atomic mass is 9.98. The van der Waals surface area contributed by atoms with Gasteiger partial charge in [0.25, 0.3) is 11.5 Å². The molecule has 0 saturated carbocycles. The van der Waals surface area contributed by atoms with Gasteiger partial charge in [0, 0.05) is 36.9 Å². The van der Waals surface area contributed by atoms with E-state index in [-0.39, 0.29) is 23.6 Å². The monoisotopic (exact) mass is 358 g/mol. The van der Waals surface area contributed by atoms with E-state index in [1.807, 2.05) is 25.7 Å². The fourth-order valence-electron chi connectivity index (χ4n) is 4.14. The van der Waals surface area contributed by atoms with Crippen LogP contribution in [0, 0.1) is 13.8 Å². The van der Waals surface area contributed by atoms with Gasteiger partial charge >= 0.3 is 0 Å². The maximum absolute atomic E-state index is 13.2. The predicted molar refractivity (Wildman–Crippen MR) is 96.2 cm³/mol. The Morgan fingerprint density at radius 2 is 1.96 bits per heavy atom. The average Bonchev–Trinajstić information content (AvgIpc) is 3.05. The van der Waals surface area contributed by atoms with Crippen LogP contribution in [0.25, 0.3) is 0 Å². The Morgan fingerprint density at radius 3 is 2.60 bits per heavy atom. The molecule has 4 heterocycles. The molecule has 2 aliphatic rings. The van der Waals surface area contributed by atoms with Gasteiger partial charge in [-0.05, 0) is 26.7 Å². The summed E-state index contributed by atoms with van der Waals surface area (Å²) in [7, 11) is 0. The van der Waals surface area contributed by atoms with E-state index in [9.17, 15) is 9.59 Å². The maximum atomic E-state index is 13.2. The van der Waals surface area contributed by atoms with Gasteiger partial charge < -0.3 is 9.88 Å². The summed E-state index contributed by atoms with van der Waals surface area (Å²) in [5.41, 5.74) is 2.41. The molecular formula is C18H22N4O2S. The predicted octanol–water partition coefficient (Wildman–Crippen LogP) is 2.18. The normalized spacial score (nSPS) is 22.0. The largest absolute Gasteiger partial charge is 0.331 e. The van der Waals surface area contributed by atoms with E-state index in [4.69, 9.17) is 0 Å². The number of fused-ring (bicyclic) bond motifs is 3. The van der Waals surface area contributed by atoms with Crippen LogP contribution in [0.1, 0.15) is 57.2 Å². The first-order valence-electron chi connectivity index (χ1n) is 8.85. The quantitative estimate of drug-likeness (QED) is 0.892. The number of carbonyl (C=O) groups excluding carboxylic acids is 1. The molecule has 132 valence electrons. The van der Waals surface area contributed by atoms with Gasteiger partial charge in [0.1, 0.15) is 10.7 Å². The van der Waals surface area contributed by atoms with E-state index in [2.05, 4.69) is 15.0 Å². The fraction of sp³-hybridized carbons (Fsp3) is 0.556. The number of amides is 1. The van der Waals surface area contributed by atoms with Crippen LogP contribution in [0.5, 0.6) is 0 Å². The molecule has 0 aromatic carbocycles. The van der Waals surface area contributed by atoms with Crippen LogP contribution in [0.15, 0.2) is 4.79 Å². The highest BCUT2D eigenvalue weighted by Gasteiger charge is 2.42. The van der Waals surface area contributed by atoms with Gasteiger partial charge in [0.05, 0.1) is 16.4 Å². The first kappa shape index (κ1) is 16.4. The van der Waals surface area contributed by atoms with Gasteiger partial charge in [-0.15, -0.1) is 11.3 Å². The molecule has 6 nitrogen and oxygen atoms in total. The summed E-state index contributed by atoms with van der Waals surface area (Å²) in [6.07, 6.45) is 3.90. The van der Waals surface area contributed by atoms with Crippen LogP contribution in [-0.4, -0.2) is 37.8 Å². The molecule has 1 N–H and O–H groups in total. The SMILES string of the molecule is CCc1nc2c(c(=O)[nH]1)CC1CCC(C2)N1C(=O)c1sc(C)nc1C. The topological polar surface area (TPSA) is 79.0 Å². The Hall–Kier alpha value is -2.02. The summed E-state index contributed by atoms with van der Waals surface area (Å²) in [6, 6.07) is 0.204. The Kier molecular flexibility index (Phi) is 3.98. The summed E-state index contributed by atoms with van der Waals surface area (Å²) in [6.45, 7) is 5.81. The molecule has 2 bridgehead atoms. The van der Waals surface area contributed by atoms with E-state index in [1.54, 1.807) is 0 Å². The molecule has 25 heavy (non-hydrogen) atoms. The summed E-state index contributed by atoms with van der Waals surface area (Å²) in [5.74, 6) is 0.795. The molecule has 2 unspecified atom stereocenters. The lowest BCUT2D eigenvalue weighted by Gasteiger charge is -2.27. The van der Waals surface area contributed by atoms with Crippen LogP contribution in [0.3, 0.4) is 0 Å². The third-order valence-corrected chi connectivity index (χ3v) is 6.37. The summed E-state index contributed by atoms with van der Waals surface area (Å²) < 4.78 is 0. The Morgan fingerprint density at radius 1 is 1.24 bits per heavy atom. The van der Waals surface area contributed by atoms with Crippen molar-refractivity contribution in [2.45, 2.75) is 65.0 Å². The second kappa shape index (κ2) is 6.05. The molecule has 1 amide bonds. The van der Waals surface area contributed by atoms with Crippen molar-refractivity contribution < 1.29 is 4.79 Å². The van der Waals surface area contributed by atoms with Crippen molar-refractivity contribution in [2.75, 3.05) is 0 Å². The minimum Gasteiger partial charge on any atom is -0.331 e. The first-order chi connectivity index (χ1) is 12.0. The highest BCUT2D eigenvalue weighted by Crippen LogP contribution is 2.35. The molecule has 4 rings (SSSR count). The van der Waals surface area contributed by atoms with E-state index in [1.165, 1.54) is 11.3 Å². The van der Waals surface area contributed by atoms with Gasteiger partial charge in [0.2, 0.25) is 0 Å². The van der Waals surface area contributed by atoms with E-state index in [0.717, 1.165) is 45.5 Å². The molecule has 2 atom stereocenters. The van der Waals surface area contributed by atoms with E-state index in [0.29, 0.717) is 19.3 Å². The number of thiazole rings is 1. The Balaban J connectivity index is 1.72. The average molecular weight is 358 g/mol. The van der Waals surface area contributed by atoms with Crippen LogP contribution in [-0.2, 0) is 19.3 Å². The third kappa shape index (κ3) is 2.70. The lowest BCUT2D eigenvalue weighted by Crippen LogP contribution is -2.41. The summed E-state index contributed by atoms with van der Waals surface area (Å²) in [5, 5.41) is 0.914. The number of nitrogens with one attached hydrogen (secondary N) is 1. The molecule has 0 radical (unpaired) electrons. The lowest BCUT2D eigenvalue weighted by molar-refractivity contribution is 0.0677. The van der Waals surface area contributed by atoms with Crippen molar-refractivity contribution in [2.24, 2.45) is 0 Å². The number of aryl methyl sites for hydroxylation is 3. The highest BCUT2D eigenvalue weighted by atomic mass is 32.1. The fourth-order valence-corrected chi connectivity index (χ4v) is 5.01. The summed E-state index contributed by atoms with van der Waals surface area (Å²) >= 11 is 1.46. The van der Waals surface area contributed by atoms with Crippen molar-refractivity contribution in [1.82, 2.24) is 19.9 Å². The van der Waals surface area contributed by atoms with Crippen molar-refractivity contribution >= 4 is 17.2 Å². The molecule has 0 spiro atoms. The van der Waals surface area contributed by atoms with Gasteiger partial charge in [0.15, 0.2) is 0 Å². The van der Waals surface area contributed by atoms with Crippen LogP contribution in [0.2, 0.25) is 0 Å². The zero-order valence-electron chi connectivity index (χ0n) is 14.8. The number of nitrogens with zero attached hydrogens (tertiary/aromatic N) is 3. The van der Waals surface area contributed by atoms with Gasteiger partial charge in [-0.25, -0.2) is 9.97 Å². The number of hydrogen-bond acceptors (Lipinski definition) is 5. The molecule has 0 aliphatic carbocycles. The minimum absolute atomic E-state index is 0.0355. The molecule has 2 aliphatic heterocycles. The number of H-pyrrole nitrogens is 1. The second-order valence-electron chi connectivity index (χ2n) is 6.94. The van der Waals surface area contributed by atoms with Crippen LogP contribution in [0.4, 0.5) is 0 Å². The number of aromatic nitrogens is 3. The van der Waals surface area contributed by atoms with Crippen LogP contribution < -0.4 is 5.56 Å². The van der Waals surface area contributed by atoms with Crippen LogP contribution >= 0.6 is 11.3 Å². The number of rotatable bonds is 2. The third-order valence-electron chi connectivity index (χ3n) is 5.31.